The van der Waals surface area contributed by atoms with E-state index in [2.05, 4.69) is 5.32 Å². The van der Waals surface area contributed by atoms with Crippen molar-refractivity contribution < 1.29 is 14.3 Å². The monoisotopic (exact) mass is 270 g/mol. The molecule has 5 heteroatoms. The first-order valence-electron chi connectivity index (χ1n) is 7.21. The molecule has 1 aliphatic rings. The van der Waals surface area contributed by atoms with Gasteiger partial charge in [-0.25, -0.2) is 0 Å². The van der Waals surface area contributed by atoms with Crippen LogP contribution in [-0.2, 0) is 14.3 Å². The fraction of sp³-hybridized carbons (Fsp3) is 0.857. The van der Waals surface area contributed by atoms with Crippen molar-refractivity contribution in [1.29, 1.82) is 0 Å². The number of ether oxygens (including phenoxy) is 1. The van der Waals surface area contributed by atoms with E-state index in [1.807, 2.05) is 27.7 Å². The van der Waals surface area contributed by atoms with Gasteiger partial charge in [0.1, 0.15) is 12.1 Å². The highest BCUT2D eigenvalue weighted by Gasteiger charge is 2.40. The average Bonchev–Trinajstić information content (AvgIpc) is 2.37. The molecule has 2 amide bonds. The number of hydrogen-bond donors (Lipinski definition) is 1. The molecule has 0 spiro atoms. The van der Waals surface area contributed by atoms with Gasteiger partial charge in [-0.2, -0.15) is 0 Å². The molecule has 0 aromatic carbocycles. The third-order valence-corrected chi connectivity index (χ3v) is 3.40. The summed E-state index contributed by atoms with van der Waals surface area (Å²) in [6.45, 7) is 9.54. The number of hydrogen-bond acceptors (Lipinski definition) is 3. The van der Waals surface area contributed by atoms with E-state index in [-0.39, 0.29) is 23.8 Å². The Balaban J connectivity index is 2.69. The van der Waals surface area contributed by atoms with Crippen LogP contribution in [0.3, 0.4) is 0 Å². The first-order chi connectivity index (χ1) is 9.02. The zero-order valence-electron chi connectivity index (χ0n) is 12.4. The zero-order chi connectivity index (χ0) is 14.4. The SMILES string of the molecule is CCCOCCN1C(=O)C(C(C)C)NC(=O)C1CC. The van der Waals surface area contributed by atoms with Gasteiger partial charge in [-0.05, 0) is 18.8 Å². The van der Waals surface area contributed by atoms with Crippen LogP contribution < -0.4 is 5.32 Å². The molecule has 0 aromatic heterocycles. The van der Waals surface area contributed by atoms with E-state index in [1.165, 1.54) is 0 Å². The second-order valence-electron chi connectivity index (χ2n) is 5.30. The topological polar surface area (TPSA) is 58.6 Å². The van der Waals surface area contributed by atoms with Gasteiger partial charge < -0.3 is 15.0 Å². The van der Waals surface area contributed by atoms with Gasteiger partial charge in [0, 0.05) is 13.2 Å². The Morgan fingerprint density at radius 2 is 1.95 bits per heavy atom. The lowest BCUT2D eigenvalue weighted by Crippen LogP contribution is -2.65. The molecule has 0 aromatic rings. The highest BCUT2D eigenvalue weighted by Crippen LogP contribution is 2.17. The van der Waals surface area contributed by atoms with E-state index < -0.39 is 6.04 Å². The van der Waals surface area contributed by atoms with Crippen LogP contribution in [0.25, 0.3) is 0 Å². The minimum Gasteiger partial charge on any atom is -0.380 e. The van der Waals surface area contributed by atoms with E-state index >= 15 is 0 Å². The summed E-state index contributed by atoms with van der Waals surface area (Å²) in [5.41, 5.74) is 0. The van der Waals surface area contributed by atoms with Crippen molar-refractivity contribution >= 4 is 11.8 Å². The van der Waals surface area contributed by atoms with Gasteiger partial charge in [-0.15, -0.1) is 0 Å². The Morgan fingerprint density at radius 3 is 2.47 bits per heavy atom. The molecule has 0 saturated carbocycles. The van der Waals surface area contributed by atoms with Crippen molar-refractivity contribution in [2.75, 3.05) is 19.8 Å². The summed E-state index contributed by atoms with van der Waals surface area (Å²) in [5.74, 6) is 0.0751. The molecule has 2 atom stereocenters. The van der Waals surface area contributed by atoms with Crippen molar-refractivity contribution in [2.24, 2.45) is 5.92 Å². The van der Waals surface area contributed by atoms with Crippen LogP contribution >= 0.6 is 0 Å². The molecule has 1 heterocycles. The van der Waals surface area contributed by atoms with E-state index in [9.17, 15) is 9.59 Å². The van der Waals surface area contributed by atoms with E-state index in [1.54, 1.807) is 4.90 Å². The van der Waals surface area contributed by atoms with Crippen LogP contribution in [0.1, 0.15) is 40.5 Å². The van der Waals surface area contributed by atoms with Gasteiger partial charge in [0.15, 0.2) is 0 Å². The summed E-state index contributed by atoms with van der Waals surface area (Å²) in [4.78, 5) is 26.1. The summed E-state index contributed by atoms with van der Waals surface area (Å²) < 4.78 is 5.43. The number of nitrogens with one attached hydrogen (secondary N) is 1. The quantitative estimate of drug-likeness (QED) is 0.707. The number of nitrogens with zero attached hydrogens (tertiary/aromatic N) is 1. The van der Waals surface area contributed by atoms with Gasteiger partial charge in [0.05, 0.1) is 6.61 Å². The fourth-order valence-corrected chi connectivity index (χ4v) is 2.32. The standard InChI is InChI=1S/C14H26N2O3/c1-5-8-19-9-7-16-11(6-2)13(17)15-12(10(3)4)14(16)18/h10-12H,5-9H2,1-4H3,(H,15,17). The van der Waals surface area contributed by atoms with Crippen molar-refractivity contribution in [3.8, 4) is 0 Å². The smallest absolute Gasteiger partial charge is 0.246 e. The number of rotatable bonds is 7. The number of piperazine rings is 1. The molecule has 0 bridgehead atoms. The average molecular weight is 270 g/mol. The van der Waals surface area contributed by atoms with Gasteiger partial charge in [0.25, 0.3) is 0 Å². The maximum absolute atomic E-state index is 12.4. The summed E-state index contributed by atoms with van der Waals surface area (Å²) in [6.07, 6.45) is 1.59. The largest absolute Gasteiger partial charge is 0.380 e. The van der Waals surface area contributed by atoms with Crippen LogP contribution in [0.2, 0.25) is 0 Å². The maximum atomic E-state index is 12.4. The highest BCUT2D eigenvalue weighted by molar-refractivity contribution is 5.97. The third kappa shape index (κ3) is 3.93. The Kier molecular flexibility index (Phi) is 6.28. The molecule has 19 heavy (non-hydrogen) atoms. The molecule has 1 aliphatic heterocycles. The van der Waals surface area contributed by atoms with Crippen molar-refractivity contribution in [3.05, 3.63) is 0 Å². The summed E-state index contributed by atoms with van der Waals surface area (Å²) in [7, 11) is 0. The maximum Gasteiger partial charge on any atom is 0.246 e. The zero-order valence-corrected chi connectivity index (χ0v) is 12.4. The Labute approximate surface area is 115 Å². The minimum absolute atomic E-state index is 0.0153. The molecule has 0 aliphatic carbocycles. The van der Waals surface area contributed by atoms with Crippen molar-refractivity contribution in [3.63, 3.8) is 0 Å². The Morgan fingerprint density at radius 1 is 1.26 bits per heavy atom. The van der Waals surface area contributed by atoms with Gasteiger partial charge in [0.2, 0.25) is 11.8 Å². The lowest BCUT2D eigenvalue weighted by Gasteiger charge is -2.40. The van der Waals surface area contributed by atoms with Gasteiger partial charge in [-0.3, -0.25) is 9.59 Å². The highest BCUT2D eigenvalue weighted by atomic mass is 16.5. The van der Waals surface area contributed by atoms with Crippen molar-refractivity contribution in [1.82, 2.24) is 10.2 Å². The summed E-state index contributed by atoms with van der Waals surface area (Å²) >= 11 is 0. The molecular weight excluding hydrogens is 244 g/mol. The molecule has 1 N–H and O–H groups in total. The Hall–Kier alpha value is -1.10. The number of carbonyl (C=O) groups is 2. The lowest BCUT2D eigenvalue weighted by molar-refractivity contribution is -0.151. The van der Waals surface area contributed by atoms with E-state index in [0.717, 1.165) is 6.42 Å². The van der Waals surface area contributed by atoms with Crippen LogP contribution in [0.5, 0.6) is 0 Å². The van der Waals surface area contributed by atoms with Crippen LogP contribution in [0.4, 0.5) is 0 Å². The third-order valence-electron chi connectivity index (χ3n) is 3.40. The predicted octanol–water partition coefficient (Wildman–Crippen LogP) is 1.17. The van der Waals surface area contributed by atoms with Crippen LogP contribution in [0, 0.1) is 5.92 Å². The summed E-state index contributed by atoms with van der Waals surface area (Å²) in [5, 5.41) is 2.83. The number of amides is 2. The molecule has 1 rings (SSSR count). The van der Waals surface area contributed by atoms with Crippen LogP contribution in [-0.4, -0.2) is 48.6 Å². The first kappa shape index (κ1) is 16.0. The van der Waals surface area contributed by atoms with Crippen LogP contribution in [0.15, 0.2) is 0 Å². The molecule has 1 saturated heterocycles. The first-order valence-corrected chi connectivity index (χ1v) is 7.21. The molecule has 0 radical (unpaired) electrons. The summed E-state index contributed by atoms with van der Waals surface area (Å²) in [6, 6.07) is -0.755. The second kappa shape index (κ2) is 7.48. The predicted molar refractivity (Wildman–Crippen MR) is 73.7 cm³/mol. The van der Waals surface area contributed by atoms with Gasteiger partial charge >= 0.3 is 0 Å². The Bertz CT molecular complexity index is 318. The van der Waals surface area contributed by atoms with E-state index in [0.29, 0.717) is 26.2 Å². The van der Waals surface area contributed by atoms with Crippen molar-refractivity contribution in [2.45, 2.75) is 52.6 Å². The lowest BCUT2D eigenvalue weighted by atomic mass is 9.97. The van der Waals surface area contributed by atoms with E-state index in [4.69, 9.17) is 4.74 Å². The minimum atomic E-state index is -0.401. The molecule has 2 unspecified atom stereocenters. The normalized spacial score (nSPS) is 23.9. The molecule has 110 valence electrons. The second-order valence-corrected chi connectivity index (χ2v) is 5.30. The molecular formula is C14H26N2O3. The van der Waals surface area contributed by atoms with Gasteiger partial charge in [-0.1, -0.05) is 27.7 Å². The molecule has 1 fully saturated rings. The molecule has 5 nitrogen and oxygen atoms in total. The number of carbonyl (C=O) groups excluding carboxylic acids is 2. The fourth-order valence-electron chi connectivity index (χ4n) is 2.32.